The van der Waals surface area contributed by atoms with Gasteiger partial charge in [-0.25, -0.2) is 0 Å². The molecule has 0 heterocycles. The zero-order chi connectivity index (χ0) is 39.9. The van der Waals surface area contributed by atoms with Crippen LogP contribution in [0.5, 0.6) is 0 Å². The Hall–Kier alpha value is -3.00. The molecule has 0 saturated heterocycles. The molecule has 0 aliphatic heterocycles. The molecular formula is C54H57Cl2SiZr. The molecule has 2 atom stereocenters. The summed E-state index contributed by atoms with van der Waals surface area (Å²) in [5, 5.41) is 5.18. The van der Waals surface area contributed by atoms with Crippen molar-refractivity contribution < 1.29 is 15.6 Å². The average Bonchev–Trinajstić information content (AvgIpc) is 4.09. The summed E-state index contributed by atoms with van der Waals surface area (Å²) < 4.78 is 0.190. The summed E-state index contributed by atoms with van der Waals surface area (Å²) in [6.07, 6.45) is 17.8. The van der Waals surface area contributed by atoms with Crippen molar-refractivity contribution in [1.82, 2.24) is 0 Å². The second kappa shape index (κ2) is 14.6. The molecule has 10 rings (SSSR count). The third-order valence-corrected chi connectivity index (χ3v) is 67.2. The van der Waals surface area contributed by atoms with E-state index in [9.17, 15) is 17.0 Å². The summed E-state index contributed by atoms with van der Waals surface area (Å²) in [5.41, 5.74) is 14.7. The zero-order valence-electron chi connectivity index (χ0n) is 34.8. The number of hydrogen-bond acceptors (Lipinski definition) is 0. The SMILES string of the molecule is CCCC1(CC2=Cc3c(-c4cccc5ccccc45)cccc3[CH]2[Zr]([Cl])([Cl])([CH]2C(CC3(CCC)CC3)=Cc3c(-c4cccc5ccccc45)cccc32)[SiH](C)C)CC1. The number of fused-ring (bicyclic) bond motifs is 4. The molecule has 58 heavy (non-hydrogen) atoms. The standard InChI is InChI=1S/2C26H25.C2H7Si.2ClH.Zr/c2*1-2-13-26(14-15-26)18-19-16-21-9-6-12-24(25(21)17-19)23-11-5-8-20-7-3-4-10-22(20)23;1-3-2;;;/h2*3-12,16-17H,2,13-15,18H2,1H3;3H,1-2H3;2*1H;/q;;;;;+2/p-2. The van der Waals surface area contributed by atoms with Crippen molar-refractivity contribution in [1.29, 1.82) is 0 Å². The number of rotatable bonds is 13. The van der Waals surface area contributed by atoms with Crippen LogP contribution in [0, 0.1) is 10.8 Å². The van der Waals surface area contributed by atoms with E-state index in [0.29, 0.717) is 10.8 Å². The molecule has 4 heteroatoms. The fourth-order valence-corrected chi connectivity index (χ4v) is 43.4. The van der Waals surface area contributed by atoms with Crippen molar-refractivity contribution in [2.45, 2.75) is 98.4 Å². The molecule has 0 nitrogen and oxygen atoms in total. The molecular weight excluding hydrogens is 839 g/mol. The maximum absolute atomic E-state index is 9.18. The average molecular weight is 896 g/mol. The molecule has 4 aliphatic carbocycles. The van der Waals surface area contributed by atoms with Gasteiger partial charge in [-0.15, -0.1) is 0 Å². The van der Waals surface area contributed by atoms with E-state index in [1.54, 1.807) is 11.1 Å². The van der Waals surface area contributed by atoms with Crippen molar-refractivity contribution in [3.63, 3.8) is 0 Å². The first-order valence-electron chi connectivity index (χ1n) is 22.3. The molecule has 0 bridgehead atoms. The first-order valence-corrected chi connectivity index (χ1v) is 38.6. The van der Waals surface area contributed by atoms with Crippen LogP contribution in [0.15, 0.2) is 132 Å². The van der Waals surface area contributed by atoms with Crippen LogP contribution < -0.4 is 0 Å². The van der Waals surface area contributed by atoms with Crippen LogP contribution in [-0.2, 0) is 15.6 Å². The van der Waals surface area contributed by atoms with Gasteiger partial charge < -0.3 is 0 Å². The van der Waals surface area contributed by atoms with Crippen molar-refractivity contribution in [3.05, 3.63) is 155 Å². The first-order chi connectivity index (χ1) is 28.1. The number of halogens is 2. The third kappa shape index (κ3) is 6.29. The minimum absolute atomic E-state index is 0.0950. The fourth-order valence-electron chi connectivity index (χ4n) is 12.1. The van der Waals surface area contributed by atoms with E-state index in [1.807, 2.05) is 0 Å². The number of allylic oxidation sites excluding steroid dienone is 2. The molecule has 4 aliphatic rings. The van der Waals surface area contributed by atoms with Gasteiger partial charge >= 0.3 is 358 Å². The van der Waals surface area contributed by atoms with E-state index in [0.717, 1.165) is 12.8 Å². The molecule has 2 saturated carbocycles. The Kier molecular flexibility index (Phi) is 9.84. The van der Waals surface area contributed by atoms with Gasteiger partial charge in [-0.2, -0.15) is 0 Å². The Labute approximate surface area is 355 Å². The van der Waals surface area contributed by atoms with Crippen molar-refractivity contribution in [2.75, 3.05) is 0 Å². The summed E-state index contributed by atoms with van der Waals surface area (Å²) in [7, 11) is 18.4. The molecule has 0 aromatic heterocycles. The molecule has 6 aromatic rings. The molecule has 2 fully saturated rings. The predicted molar refractivity (Wildman–Crippen MR) is 253 cm³/mol. The molecule has 0 N–H and O–H groups in total. The molecule has 2 unspecified atom stereocenters. The Morgan fingerprint density at radius 1 is 0.517 bits per heavy atom. The van der Waals surface area contributed by atoms with Gasteiger partial charge in [-0.3, -0.25) is 0 Å². The zero-order valence-corrected chi connectivity index (χ0v) is 39.9. The van der Waals surface area contributed by atoms with Crippen LogP contribution in [-0.4, -0.2) is 5.92 Å². The Bertz CT molecular complexity index is 2470. The summed E-state index contributed by atoms with van der Waals surface area (Å²) in [5.74, 6) is -1.74. The Balaban J connectivity index is 1.21. The van der Waals surface area contributed by atoms with Crippen LogP contribution in [0.25, 0.3) is 56.0 Å². The third-order valence-electron chi connectivity index (χ3n) is 15.3. The van der Waals surface area contributed by atoms with Gasteiger partial charge in [0.05, 0.1) is 0 Å². The van der Waals surface area contributed by atoms with E-state index < -0.39 is 21.5 Å². The van der Waals surface area contributed by atoms with Gasteiger partial charge in [0, 0.05) is 0 Å². The van der Waals surface area contributed by atoms with Gasteiger partial charge in [-0.1, -0.05) is 0 Å². The number of benzene rings is 6. The first kappa shape index (κ1) is 39.2. The summed E-state index contributed by atoms with van der Waals surface area (Å²) in [6.45, 7) is 9.81. The van der Waals surface area contributed by atoms with E-state index >= 15 is 0 Å². The van der Waals surface area contributed by atoms with Gasteiger partial charge in [0.2, 0.25) is 0 Å². The van der Waals surface area contributed by atoms with Gasteiger partial charge in [-0.05, 0) is 0 Å². The molecule has 6 aromatic carbocycles. The molecule has 0 spiro atoms. The maximum atomic E-state index is 9.18. The van der Waals surface area contributed by atoms with Crippen molar-refractivity contribution in [2.24, 2.45) is 10.8 Å². The second-order valence-electron chi connectivity index (χ2n) is 19.2. The molecule has 0 amide bonds. The van der Waals surface area contributed by atoms with Crippen LogP contribution in [0.3, 0.4) is 0 Å². The van der Waals surface area contributed by atoms with Gasteiger partial charge in [0.1, 0.15) is 0 Å². The van der Waals surface area contributed by atoms with E-state index in [2.05, 4.69) is 160 Å². The van der Waals surface area contributed by atoms with Crippen LogP contribution >= 0.6 is 17.0 Å². The van der Waals surface area contributed by atoms with Crippen LogP contribution in [0.2, 0.25) is 13.1 Å². The predicted octanol–water partition coefficient (Wildman–Crippen LogP) is 16.8. The summed E-state index contributed by atoms with van der Waals surface area (Å²) in [6, 6.07) is 45.6. The topological polar surface area (TPSA) is 0 Å². The minimum atomic E-state index is -5.08. The normalized spacial score (nSPS) is 20.7. The van der Waals surface area contributed by atoms with E-state index in [-0.39, 0.29) is 7.25 Å². The molecule has 0 radical (unpaired) electrons. The van der Waals surface area contributed by atoms with Crippen LogP contribution in [0.1, 0.15) is 108 Å². The van der Waals surface area contributed by atoms with E-state index in [1.165, 1.54) is 117 Å². The van der Waals surface area contributed by atoms with Crippen molar-refractivity contribution in [3.8, 4) is 22.3 Å². The summed E-state index contributed by atoms with van der Waals surface area (Å²) in [4.78, 5) is 0. The van der Waals surface area contributed by atoms with E-state index in [4.69, 9.17) is 0 Å². The van der Waals surface area contributed by atoms with Crippen molar-refractivity contribution >= 4 is 56.6 Å². The fraction of sp³-hybridized carbons (Fsp3) is 0.333. The molecule has 295 valence electrons. The van der Waals surface area contributed by atoms with Gasteiger partial charge in [0.15, 0.2) is 0 Å². The van der Waals surface area contributed by atoms with Gasteiger partial charge in [0.25, 0.3) is 0 Å². The van der Waals surface area contributed by atoms with Crippen LogP contribution in [0.4, 0.5) is 0 Å². The monoisotopic (exact) mass is 893 g/mol. The Morgan fingerprint density at radius 2 is 0.897 bits per heavy atom. The Morgan fingerprint density at radius 3 is 1.29 bits per heavy atom. The quantitative estimate of drug-likeness (QED) is 0.101. The summed E-state index contributed by atoms with van der Waals surface area (Å²) >= 11 is -5.08. The number of hydrogen-bond donors (Lipinski definition) is 0. The second-order valence-corrected chi connectivity index (χ2v) is 61.7.